The van der Waals surface area contributed by atoms with Gasteiger partial charge in [-0.05, 0) is 43.9 Å². The molecule has 5 nitrogen and oxygen atoms in total. The number of carbonyl (C=O) groups excluding carboxylic acids is 2. The van der Waals surface area contributed by atoms with E-state index in [1.807, 2.05) is 0 Å². The van der Waals surface area contributed by atoms with E-state index in [2.05, 4.69) is 10.6 Å². The van der Waals surface area contributed by atoms with Crippen LogP contribution < -0.4 is 16.4 Å². The fourth-order valence-electron chi connectivity index (χ4n) is 2.63. The van der Waals surface area contributed by atoms with E-state index in [4.69, 9.17) is 5.73 Å². The molecule has 0 aliphatic heterocycles. The maximum atomic E-state index is 13.0. The van der Waals surface area contributed by atoms with Crippen molar-refractivity contribution >= 4 is 11.8 Å². The minimum absolute atomic E-state index is 0.0249. The maximum absolute atomic E-state index is 13.0. The molecule has 0 spiro atoms. The van der Waals surface area contributed by atoms with Crippen LogP contribution in [0.5, 0.6) is 0 Å². The van der Waals surface area contributed by atoms with Crippen molar-refractivity contribution in [2.75, 3.05) is 13.1 Å². The Morgan fingerprint density at radius 1 is 1.23 bits per heavy atom. The van der Waals surface area contributed by atoms with Crippen LogP contribution in [0.4, 0.5) is 4.39 Å². The average Bonchev–Trinajstić information content (AvgIpc) is 2.93. The van der Waals surface area contributed by atoms with E-state index in [0.717, 1.165) is 19.3 Å². The molecule has 22 heavy (non-hydrogen) atoms. The number of amides is 2. The van der Waals surface area contributed by atoms with Crippen molar-refractivity contribution in [1.82, 2.24) is 10.6 Å². The normalized spacial score (nSPS) is 20.6. The van der Waals surface area contributed by atoms with Gasteiger partial charge in [0.05, 0.1) is 0 Å². The lowest BCUT2D eigenvalue weighted by Crippen LogP contribution is -2.33. The second-order valence-electron chi connectivity index (χ2n) is 5.68. The van der Waals surface area contributed by atoms with Crippen LogP contribution in [0, 0.1) is 11.7 Å². The third-order valence-corrected chi connectivity index (χ3v) is 3.87. The third kappa shape index (κ3) is 4.80. The summed E-state index contributed by atoms with van der Waals surface area (Å²) in [5.74, 6) is -0.677. The van der Waals surface area contributed by atoms with Gasteiger partial charge in [-0.3, -0.25) is 9.59 Å². The van der Waals surface area contributed by atoms with Gasteiger partial charge in [0.25, 0.3) is 5.91 Å². The van der Waals surface area contributed by atoms with Crippen LogP contribution in [0.2, 0.25) is 0 Å². The lowest BCUT2D eigenvalue weighted by Gasteiger charge is -2.11. The largest absolute Gasteiger partial charge is 0.356 e. The SMILES string of the molecule is NC1CCC(C(=O)NCCCNC(=O)c2cccc(F)c2)C1. The first-order valence-electron chi connectivity index (χ1n) is 7.63. The van der Waals surface area contributed by atoms with Crippen LogP contribution in [-0.2, 0) is 4.79 Å². The van der Waals surface area contributed by atoms with Gasteiger partial charge in [0, 0.05) is 30.6 Å². The molecule has 0 bridgehead atoms. The molecule has 1 aromatic rings. The molecule has 2 unspecified atom stereocenters. The molecule has 120 valence electrons. The van der Waals surface area contributed by atoms with Gasteiger partial charge in [0.2, 0.25) is 5.91 Å². The Bertz CT molecular complexity index is 536. The van der Waals surface area contributed by atoms with Crippen molar-refractivity contribution < 1.29 is 14.0 Å². The van der Waals surface area contributed by atoms with Gasteiger partial charge in [-0.1, -0.05) is 6.07 Å². The minimum Gasteiger partial charge on any atom is -0.356 e. The Labute approximate surface area is 129 Å². The molecule has 1 fully saturated rings. The van der Waals surface area contributed by atoms with E-state index in [1.165, 1.54) is 18.2 Å². The molecule has 2 atom stereocenters. The number of nitrogens with two attached hydrogens (primary N) is 1. The van der Waals surface area contributed by atoms with E-state index in [9.17, 15) is 14.0 Å². The van der Waals surface area contributed by atoms with Crippen LogP contribution in [0.1, 0.15) is 36.0 Å². The Hall–Kier alpha value is -1.95. The summed E-state index contributed by atoms with van der Waals surface area (Å²) in [6.45, 7) is 0.938. The molecule has 1 aliphatic rings. The molecule has 2 rings (SSSR count). The minimum atomic E-state index is -0.435. The van der Waals surface area contributed by atoms with Gasteiger partial charge >= 0.3 is 0 Å². The fourth-order valence-corrected chi connectivity index (χ4v) is 2.63. The van der Waals surface area contributed by atoms with E-state index >= 15 is 0 Å². The first-order chi connectivity index (χ1) is 10.6. The predicted octanol–water partition coefficient (Wildman–Crippen LogP) is 1.19. The second kappa shape index (κ2) is 7.89. The van der Waals surface area contributed by atoms with Crippen LogP contribution in [0.25, 0.3) is 0 Å². The number of carbonyl (C=O) groups is 2. The van der Waals surface area contributed by atoms with Gasteiger partial charge in [-0.25, -0.2) is 4.39 Å². The lowest BCUT2D eigenvalue weighted by molar-refractivity contribution is -0.124. The number of hydrogen-bond donors (Lipinski definition) is 3. The zero-order valence-electron chi connectivity index (χ0n) is 12.5. The van der Waals surface area contributed by atoms with Crippen molar-refractivity contribution in [3.05, 3.63) is 35.6 Å². The number of benzene rings is 1. The van der Waals surface area contributed by atoms with Crippen molar-refractivity contribution in [1.29, 1.82) is 0 Å². The topological polar surface area (TPSA) is 84.2 Å². The molecule has 1 aliphatic carbocycles. The van der Waals surface area contributed by atoms with Crippen LogP contribution >= 0.6 is 0 Å². The highest BCUT2D eigenvalue weighted by Crippen LogP contribution is 2.23. The predicted molar refractivity (Wildman–Crippen MR) is 81.7 cm³/mol. The molecule has 6 heteroatoms. The molecular weight excluding hydrogens is 285 g/mol. The van der Waals surface area contributed by atoms with Gasteiger partial charge in [-0.15, -0.1) is 0 Å². The summed E-state index contributed by atoms with van der Waals surface area (Å²) in [5, 5.41) is 5.56. The summed E-state index contributed by atoms with van der Waals surface area (Å²) in [6.07, 6.45) is 3.14. The lowest BCUT2D eigenvalue weighted by atomic mass is 10.1. The number of rotatable bonds is 6. The van der Waals surface area contributed by atoms with Crippen molar-refractivity contribution in [2.45, 2.75) is 31.7 Å². The molecule has 1 saturated carbocycles. The van der Waals surface area contributed by atoms with E-state index in [1.54, 1.807) is 6.07 Å². The first-order valence-corrected chi connectivity index (χ1v) is 7.63. The molecule has 0 heterocycles. The quantitative estimate of drug-likeness (QED) is 0.690. The van der Waals surface area contributed by atoms with Gasteiger partial charge in [-0.2, -0.15) is 0 Å². The Morgan fingerprint density at radius 3 is 2.68 bits per heavy atom. The molecule has 2 amide bonds. The van der Waals surface area contributed by atoms with Gasteiger partial charge in [0.1, 0.15) is 5.82 Å². The van der Waals surface area contributed by atoms with E-state index in [-0.39, 0.29) is 23.8 Å². The zero-order chi connectivity index (χ0) is 15.9. The summed E-state index contributed by atoms with van der Waals surface area (Å²) in [6, 6.07) is 5.68. The molecule has 1 aromatic carbocycles. The van der Waals surface area contributed by atoms with Crippen molar-refractivity contribution in [3.8, 4) is 0 Å². The van der Waals surface area contributed by atoms with Gasteiger partial charge in [0.15, 0.2) is 0 Å². The van der Waals surface area contributed by atoms with Crippen LogP contribution in [0.3, 0.4) is 0 Å². The smallest absolute Gasteiger partial charge is 0.251 e. The molecule has 4 N–H and O–H groups in total. The fraction of sp³-hybridized carbons (Fsp3) is 0.500. The standard InChI is InChI=1S/C16H22FN3O2/c17-13-4-1-3-11(9-13)15(21)19-7-2-8-20-16(22)12-5-6-14(18)10-12/h1,3-4,9,12,14H,2,5-8,10,18H2,(H,19,21)(H,20,22). The highest BCUT2D eigenvalue weighted by molar-refractivity contribution is 5.94. The number of hydrogen-bond acceptors (Lipinski definition) is 3. The summed E-state index contributed by atoms with van der Waals surface area (Å²) < 4.78 is 13.0. The zero-order valence-corrected chi connectivity index (χ0v) is 12.5. The highest BCUT2D eigenvalue weighted by Gasteiger charge is 2.27. The van der Waals surface area contributed by atoms with Crippen molar-refractivity contribution in [3.63, 3.8) is 0 Å². The molecule has 0 radical (unpaired) electrons. The molecule has 0 saturated heterocycles. The Balaban J connectivity index is 1.61. The number of nitrogens with one attached hydrogen (secondary N) is 2. The number of halogens is 1. The Morgan fingerprint density at radius 2 is 2.00 bits per heavy atom. The first kappa shape index (κ1) is 16.4. The van der Waals surface area contributed by atoms with Crippen LogP contribution in [-0.4, -0.2) is 30.9 Å². The monoisotopic (exact) mass is 307 g/mol. The Kier molecular flexibility index (Phi) is 5.89. The summed E-state index contributed by atoms with van der Waals surface area (Å²) >= 11 is 0. The van der Waals surface area contributed by atoms with Gasteiger partial charge < -0.3 is 16.4 Å². The summed E-state index contributed by atoms with van der Waals surface area (Å²) in [5.41, 5.74) is 6.08. The van der Waals surface area contributed by atoms with Crippen LogP contribution in [0.15, 0.2) is 24.3 Å². The second-order valence-corrected chi connectivity index (χ2v) is 5.68. The average molecular weight is 307 g/mol. The maximum Gasteiger partial charge on any atom is 0.251 e. The summed E-state index contributed by atoms with van der Waals surface area (Å²) in [4.78, 5) is 23.6. The summed E-state index contributed by atoms with van der Waals surface area (Å²) in [7, 11) is 0. The van der Waals surface area contributed by atoms with E-state index in [0.29, 0.717) is 25.1 Å². The molecular formula is C16H22FN3O2. The molecule has 0 aromatic heterocycles. The van der Waals surface area contributed by atoms with Crippen molar-refractivity contribution in [2.24, 2.45) is 11.7 Å². The third-order valence-electron chi connectivity index (χ3n) is 3.87. The highest BCUT2D eigenvalue weighted by atomic mass is 19.1. The van der Waals surface area contributed by atoms with E-state index < -0.39 is 5.82 Å².